The number of fused-ring (bicyclic) bond motifs is 2. The summed E-state index contributed by atoms with van der Waals surface area (Å²) in [5, 5.41) is -0.293. The van der Waals surface area contributed by atoms with E-state index in [4.69, 9.17) is 14.2 Å². The van der Waals surface area contributed by atoms with Crippen molar-refractivity contribution in [1.82, 2.24) is 9.88 Å². The summed E-state index contributed by atoms with van der Waals surface area (Å²) in [6, 6.07) is 11.4. The Morgan fingerprint density at radius 2 is 1.81 bits per heavy atom. The molecule has 0 saturated carbocycles. The first-order valence-electron chi connectivity index (χ1n) is 13.6. The number of morpholine rings is 1. The van der Waals surface area contributed by atoms with Crippen molar-refractivity contribution in [1.29, 1.82) is 0 Å². The zero-order valence-corrected chi connectivity index (χ0v) is 26.1. The Bertz CT molecular complexity index is 1650. The van der Waals surface area contributed by atoms with Crippen molar-refractivity contribution in [2.24, 2.45) is 5.92 Å². The third-order valence-corrected chi connectivity index (χ3v) is 10.4. The molecule has 0 spiro atoms. The molecule has 0 aliphatic carbocycles. The SMILES string of the molecule is CCOC(=O)c1ccc(N2C(=O)C3Sc4[nH]c(=O)sc4[C@H](c4cc(Br)ccc4OCC(=O)N4CCOCC4)C3C2=O)cc1. The van der Waals surface area contributed by atoms with Crippen LogP contribution in [0.4, 0.5) is 5.69 Å². The van der Waals surface area contributed by atoms with E-state index in [0.29, 0.717) is 63.2 Å². The van der Waals surface area contributed by atoms with Gasteiger partial charge in [-0.25, -0.2) is 9.69 Å². The molecule has 3 aliphatic rings. The largest absolute Gasteiger partial charge is 0.483 e. The fraction of sp³-hybridized carbons (Fsp3) is 0.345. The van der Waals surface area contributed by atoms with Crippen LogP contribution in [0, 0.1) is 5.92 Å². The van der Waals surface area contributed by atoms with Gasteiger partial charge >= 0.3 is 10.8 Å². The number of nitrogens with one attached hydrogen (secondary N) is 1. The Kier molecular flexibility index (Phi) is 8.45. The topological polar surface area (TPSA) is 135 Å². The second-order valence-electron chi connectivity index (χ2n) is 9.99. The van der Waals surface area contributed by atoms with Crippen molar-refractivity contribution in [3.63, 3.8) is 0 Å². The van der Waals surface area contributed by atoms with Crippen molar-refractivity contribution in [3.8, 4) is 5.75 Å². The monoisotopic (exact) mass is 687 g/mol. The summed E-state index contributed by atoms with van der Waals surface area (Å²) in [5.74, 6) is -2.72. The number of anilines is 1. The average molecular weight is 689 g/mol. The molecule has 11 nitrogen and oxygen atoms in total. The van der Waals surface area contributed by atoms with Crippen molar-refractivity contribution in [2.75, 3.05) is 44.4 Å². The summed E-state index contributed by atoms with van der Waals surface area (Å²) in [4.78, 5) is 71.4. The standard InChI is InChI=1S/C29H26BrN3O8S2/c1-2-40-28(37)15-3-6-17(7-4-15)33-26(35)22-21(23-25(31-29(38)43-23)42-24(22)27(33)36)18-13-16(30)5-8-19(18)41-14-20(34)32-9-11-39-12-10-32/h3-8,13,21-22,24H,2,9-12,14H2,1H3,(H,31,38)/t21-,22?,24?/m1/s1. The number of hydrogen-bond acceptors (Lipinski definition) is 10. The van der Waals surface area contributed by atoms with E-state index in [1.54, 1.807) is 42.2 Å². The average Bonchev–Trinajstić information content (AvgIpc) is 3.50. The number of thioether (sulfide) groups is 1. The van der Waals surface area contributed by atoms with Crippen LogP contribution in [0.1, 0.15) is 33.6 Å². The van der Waals surface area contributed by atoms with Crippen LogP contribution in [0.15, 0.2) is 56.8 Å². The molecule has 2 fully saturated rings. The molecule has 0 radical (unpaired) electrons. The number of H-pyrrole nitrogens is 1. The molecule has 4 heterocycles. The number of aromatic nitrogens is 1. The molecular weight excluding hydrogens is 662 g/mol. The van der Waals surface area contributed by atoms with Crippen LogP contribution in [0.3, 0.4) is 0 Å². The minimum Gasteiger partial charge on any atom is -0.483 e. The van der Waals surface area contributed by atoms with Crippen LogP contribution in [-0.2, 0) is 23.9 Å². The quantitative estimate of drug-likeness (QED) is 0.293. The highest BCUT2D eigenvalue weighted by Gasteiger charge is 2.57. The van der Waals surface area contributed by atoms with E-state index in [0.717, 1.165) is 28.0 Å². The summed E-state index contributed by atoms with van der Waals surface area (Å²) in [6.45, 7) is 3.60. The van der Waals surface area contributed by atoms with E-state index >= 15 is 0 Å². The maximum Gasteiger partial charge on any atom is 0.338 e. The van der Waals surface area contributed by atoms with Crippen LogP contribution < -0.4 is 14.5 Å². The molecule has 3 atom stereocenters. The molecule has 3 aromatic rings. The molecule has 6 rings (SSSR count). The molecular formula is C29H26BrN3O8S2. The van der Waals surface area contributed by atoms with Gasteiger partial charge in [0.25, 0.3) is 5.91 Å². The van der Waals surface area contributed by atoms with Gasteiger partial charge in [-0.2, -0.15) is 0 Å². The third-order valence-electron chi connectivity index (χ3n) is 7.48. The van der Waals surface area contributed by atoms with Crippen LogP contribution in [0.5, 0.6) is 5.75 Å². The van der Waals surface area contributed by atoms with Gasteiger partial charge in [0.15, 0.2) is 6.61 Å². The maximum atomic E-state index is 14.1. The van der Waals surface area contributed by atoms with E-state index < -0.39 is 34.9 Å². The highest BCUT2D eigenvalue weighted by atomic mass is 79.9. The smallest absolute Gasteiger partial charge is 0.338 e. The summed E-state index contributed by atoms with van der Waals surface area (Å²) in [5.41, 5.74) is 1.21. The molecule has 2 unspecified atom stereocenters. The third kappa shape index (κ3) is 5.64. The number of carbonyl (C=O) groups excluding carboxylic acids is 4. The molecule has 3 aliphatic heterocycles. The molecule has 3 amide bonds. The number of carbonyl (C=O) groups is 4. The van der Waals surface area contributed by atoms with Gasteiger partial charge in [0.05, 0.1) is 42.0 Å². The second kappa shape index (κ2) is 12.3. The van der Waals surface area contributed by atoms with Crippen molar-refractivity contribution in [2.45, 2.75) is 23.1 Å². The van der Waals surface area contributed by atoms with Gasteiger partial charge in [-0.3, -0.25) is 19.2 Å². The van der Waals surface area contributed by atoms with Crippen molar-refractivity contribution < 1.29 is 33.4 Å². The highest BCUT2D eigenvalue weighted by Crippen LogP contribution is 2.54. The number of imide groups is 1. The molecule has 1 aromatic heterocycles. The molecule has 224 valence electrons. The number of hydrogen-bond donors (Lipinski definition) is 1. The Hall–Kier alpha value is -3.46. The fourth-order valence-electron chi connectivity index (χ4n) is 5.50. The second-order valence-corrected chi connectivity index (χ2v) is 13.1. The minimum atomic E-state index is -0.854. The predicted octanol–water partition coefficient (Wildman–Crippen LogP) is 3.41. The van der Waals surface area contributed by atoms with Gasteiger partial charge in [-0.15, -0.1) is 0 Å². The number of rotatable bonds is 7. The lowest BCUT2D eigenvalue weighted by atomic mass is 9.82. The van der Waals surface area contributed by atoms with Crippen LogP contribution in [0.2, 0.25) is 0 Å². The molecule has 1 N–H and O–H groups in total. The zero-order chi connectivity index (χ0) is 30.2. The number of amides is 3. The van der Waals surface area contributed by atoms with Gasteiger partial charge in [0.2, 0.25) is 11.8 Å². The normalized spacial score (nSPS) is 21.4. The van der Waals surface area contributed by atoms with Gasteiger partial charge in [-0.05, 0) is 49.4 Å². The summed E-state index contributed by atoms with van der Waals surface area (Å²) >= 11 is 5.66. The summed E-state index contributed by atoms with van der Waals surface area (Å²) in [6.07, 6.45) is 0. The maximum absolute atomic E-state index is 14.1. The Morgan fingerprint density at radius 3 is 2.53 bits per heavy atom. The Balaban J connectivity index is 1.35. The molecule has 43 heavy (non-hydrogen) atoms. The summed E-state index contributed by atoms with van der Waals surface area (Å²) < 4.78 is 17.1. The number of aromatic amines is 1. The first-order valence-corrected chi connectivity index (χ1v) is 16.1. The lowest BCUT2D eigenvalue weighted by molar-refractivity contribution is -0.137. The van der Waals surface area contributed by atoms with Crippen LogP contribution in [-0.4, -0.2) is 78.3 Å². The fourth-order valence-corrected chi connectivity index (χ4v) is 8.39. The number of thiazole rings is 1. The van der Waals surface area contributed by atoms with Gasteiger partial charge < -0.3 is 24.1 Å². The van der Waals surface area contributed by atoms with E-state index in [-0.39, 0.29) is 24.0 Å². The number of esters is 1. The van der Waals surface area contributed by atoms with Gasteiger partial charge in [0.1, 0.15) is 11.0 Å². The first-order chi connectivity index (χ1) is 20.8. The number of halogens is 1. The lowest BCUT2D eigenvalue weighted by Crippen LogP contribution is -2.43. The Labute approximate surface area is 262 Å². The van der Waals surface area contributed by atoms with E-state index in [1.807, 2.05) is 0 Å². The number of ether oxygens (including phenoxy) is 3. The van der Waals surface area contributed by atoms with Crippen LogP contribution in [0.25, 0.3) is 0 Å². The van der Waals surface area contributed by atoms with Crippen LogP contribution >= 0.6 is 39.0 Å². The molecule has 2 aromatic carbocycles. The lowest BCUT2D eigenvalue weighted by Gasteiger charge is -2.31. The molecule has 14 heteroatoms. The minimum absolute atomic E-state index is 0.189. The number of benzene rings is 2. The Morgan fingerprint density at radius 1 is 1.07 bits per heavy atom. The summed E-state index contributed by atoms with van der Waals surface area (Å²) in [7, 11) is 0. The van der Waals surface area contributed by atoms with E-state index in [1.165, 1.54) is 12.1 Å². The highest BCUT2D eigenvalue weighted by molar-refractivity contribution is 9.10. The van der Waals surface area contributed by atoms with Crippen molar-refractivity contribution in [3.05, 3.63) is 72.6 Å². The number of nitrogens with zero attached hydrogens (tertiary/aromatic N) is 2. The van der Waals surface area contributed by atoms with E-state index in [9.17, 15) is 24.0 Å². The van der Waals surface area contributed by atoms with Gasteiger partial charge in [0, 0.05) is 33.9 Å². The predicted molar refractivity (Wildman–Crippen MR) is 162 cm³/mol. The first kappa shape index (κ1) is 29.6. The van der Waals surface area contributed by atoms with Crippen molar-refractivity contribution >= 4 is 68.4 Å². The van der Waals surface area contributed by atoms with Gasteiger partial charge in [-0.1, -0.05) is 39.0 Å². The molecule has 2 saturated heterocycles. The molecule has 0 bridgehead atoms. The van der Waals surface area contributed by atoms with E-state index in [2.05, 4.69) is 20.9 Å². The zero-order valence-electron chi connectivity index (χ0n) is 22.9.